The minimum Gasteiger partial charge on any atom is -0.455 e. The largest absolute Gasteiger partial charge is 0.455 e. The van der Waals surface area contributed by atoms with E-state index in [4.69, 9.17) is 4.74 Å². The Morgan fingerprint density at radius 2 is 1.44 bits per heavy atom. The molecular weight excluding hydrogens is 338 g/mol. The van der Waals surface area contributed by atoms with Gasteiger partial charge in [-0.05, 0) is 29.9 Å². The van der Waals surface area contributed by atoms with E-state index < -0.39 is 11.9 Å². The Morgan fingerprint density at radius 1 is 0.889 bits per heavy atom. The molecule has 0 spiro atoms. The number of carbonyl (C=O) groups excluding carboxylic acids is 2. The molecule has 0 aromatic heterocycles. The van der Waals surface area contributed by atoms with E-state index >= 15 is 0 Å². The Labute approximate surface area is 160 Å². The predicted octanol–water partition coefficient (Wildman–Crippen LogP) is 4.06. The molecule has 1 fully saturated rings. The molecule has 0 unspecified atom stereocenters. The van der Waals surface area contributed by atoms with Gasteiger partial charge in [0, 0.05) is 6.54 Å². The minimum atomic E-state index is -0.529. The first-order valence-corrected chi connectivity index (χ1v) is 9.77. The fourth-order valence-electron chi connectivity index (χ4n) is 3.68. The monoisotopic (exact) mass is 365 g/mol. The van der Waals surface area contributed by atoms with E-state index in [1.165, 1.54) is 32.1 Å². The van der Waals surface area contributed by atoms with Crippen LogP contribution in [0.5, 0.6) is 0 Å². The van der Waals surface area contributed by atoms with Crippen LogP contribution >= 0.6 is 0 Å². The molecule has 1 saturated carbocycles. The molecule has 2 aromatic carbocycles. The van der Waals surface area contributed by atoms with Gasteiger partial charge in [-0.1, -0.05) is 79.9 Å². The summed E-state index contributed by atoms with van der Waals surface area (Å²) in [5, 5.41) is 2.91. The third kappa shape index (κ3) is 5.68. The first kappa shape index (κ1) is 19.2. The van der Waals surface area contributed by atoms with Crippen molar-refractivity contribution >= 4 is 11.9 Å². The molecule has 1 amide bonds. The average Bonchev–Trinajstić information content (AvgIpc) is 2.73. The highest BCUT2D eigenvalue weighted by Gasteiger charge is 2.25. The molecular formula is C23H27NO3. The van der Waals surface area contributed by atoms with Crippen LogP contribution in [0.1, 0.15) is 49.1 Å². The number of nitrogens with one attached hydrogen (secondary N) is 1. The fraction of sp³-hybridized carbons (Fsp3) is 0.391. The van der Waals surface area contributed by atoms with Gasteiger partial charge in [-0.2, -0.15) is 0 Å². The lowest BCUT2D eigenvalue weighted by atomic mass is 9.89. The highest BCUT2D eigenvalue weighted by atomic mass is 16.5. The van der Waals surface area contributed by atoms with Crippen LogP contribution in [0.3, 0.4) is 0 Å². The highest BCUT2D eigenvalue weighted by molar-refractivity contribution is 5.85. The molecule has 3 rings (SSSR count). The molecule has 1 N–H and O–H groups in total. The molecule has 4 heteroatoms. The van der Waals surface area contributed by atoms with Crippen LogP contribution in [-0.4, -0.2) is 25.0 Å². The Balaban J connectivity index is 1.57. The van der Waals surface area contributed by atoms with Gasteiger partial charge in [0.1, 0.15) is 5.92 Å². The summed E-state index contributed by atoms with van der Waals surface area (Å²) < 4.78 is 5.36. The maximum absolute atomic E-state index is 12.8. The van der Waals surface area contributed by atoms with E-state index in [0.717, 1.165) is 11.1 Å². The maximum Gasteiger partial charge on any atom is 0.318 e. The second-order valence-electron chi connectivity index (χ2n) is 7.17. The first-order chi connectivity index (χ1) is 13.2. The number of esters is 1. The summed E-state index contributed by atoms with van der Waals surface area (Å²) in [5.74, 6) is -0.604. The zero-order valence-corrected chi connectivity index (χ0v) is 15.6. The molecule has 0 bridgehead atoms. The van der Waals surface area contributed by atoms with E-state index in [0.29, 0.717) is 12.5 Å². The van der Waals surface area contributed by atoms with Crippen LogP contribution in [0.4, 0.5) is 0 Å². The Kier molecular flexibility index (Phi) is 7.03. The number of amides is 1. The fourth-order valence-corrected chi connectivity index (χ4v) is 3.68. The zero-order chi connectivity index (χ0) is 18.9. The molecule has 1 aliphatic carbocycles. The van der Waals surface area contributed by atoms with Gasteiger partial charge < -0.3 is 10.1 Å². The number of rotatable bonds is 7. The van der Waals surface area contributed by atoms with Gasteiger partial charge in [0.05, 0.1) is 0 Å². The summed E-state index contributed by atoms with van der Waals surface area (Å²) in [5.41, 5.74) is 1.72. The van der Waals surface area contributed by atoms with Gasteiger partial charge in [0.2, 0.25) is 0 Å². The summed E-state index contributed by atoms with van der Waals surface area (Å²) >= 11 is 0. The Hall–Kier alpha value is -2.62. The SMILES string of the molecule is O=C(COC(=O)C(c1ccccc1)c1ccccc1)NCC1CCCCC1. The van der Waals surface area contributed by atoms with Crippen LogP contribution in [0.25, 0.3) is 0 Å². The lowest BCUT2D eigenvalue weighted by molar-refractivity contribution is -0.149. The van der Waals surface area contributed by atoms with Crippen LogP contribution in [0.2, 0.25) is 0 Å². The maximum atomic E-state index is 12.8. The van der Waals surface area contributed by atoms with E-state index in [2.05, 4.69) is 5.32 Å². The summed E-state index contributed by atoms with van der Waals surface area (Å²) in [6.07, 6.45) is 6.12. The van der Waals surface area contributed by atoms with Crippen molar-refractivity contribution in [3.8, 4) is 0 Å². The number of hydrogen-bond acceptors (Lipinski definition) is 3. The highest BCUT2D eigenvalue weighted by Crippen LogP contribution is 2.26. The van der Waals surface area contributed by atoms with E-state index in [9.17, 15) is 9.59 Å². The third-order valence-corrected chi connectivity index (χ3v) is 5.16. The first-order valence-electron chi connectivity index (χ1n) is 9.77. The van der Waals surface area contributed by atoms with Crippen molar-refractivity contribution in [2.24, 2.45) is 5.92 Å². The second-order valence-corrected chi connectivity index (χ2v) is 7.17. The van der Waals surface area contributed by atoms with Crippen molar-refractivity contribution in [2.45, 2.75) is 38.0 Å². The van der Waals surface area contributed by atoms with Gasteiger partial charge in [0.15, 0.2) is 6.61 Å². The summed E-state index contributed by atoms with van der Waals surface area (Å²) in [6, 6.07) is 19.0. The van der Waals surface area contributed by atoms with Gasteiger partial charge in [0.25, 0.3) is 5.91 Å². The van der Waals surface area contributed by atoms with Gasteiger partial charge >= 0.3 is 5.97 Å². The topological polar surface area (TPSA) is 55.4 Å². The average molecular weight is 365 g/mol. The third-order valence-electron chi connectivity index (χ3n) is 5.16. The molecule has 142 valence electrons. The zero-order valence-electron chi connectivity index (χ0n) is 15.6. The molecule has 0 aliphatic heterocycles. The molecule has 2 aromatic rings. The summed E-state index contributed by atoms with van der Waals surface area (Å²) in [6.45, 7) is 0.443. The molecule has 0 atom stereocenters. The van der Waals surface area contributed by atoms with Crippen molar-refractivity contribution in [2.75, 3.05) is 13.2 Å². The van der Waals surface area contributed by atoms with Crippen molar-refractivity contribution in [1.82, 2.24) is 5.32 Å². The van der Waals surface area contributed by atoms with Gasteiger partial charge in [-0.3, -0.25) is 9.59 Å². The Bertz CT molecular complexity index is 684. The van der Waals surface area contributed by atoms with E-state index in [1.807, 2.05) is 60.7 Å². The number of carbonyl (C=O) groups is 2. The van der Waals surface area contributed by atoms with Crippen LogP contribution in [0.15, 0.2) is 60.7 Å². The standard InChI is InChI=1S/C23H27NO3/c25-21(24-16-18-10-4-1-5-11-18)17-27-23(26)22(19-12-6-2-7-13-19)20-14-8-3-9-15-20/h2-3,6-9,12-15,18,22H,1,4-5,10-11,16-17H2,(H,24,25). The van der Waals surface area contributed by atoms with E-state index in [1.54, 1.807) is 0 Å². The van der Waals surface area contributed by atoms with E-state index in [-0.39, 0.29) is 12.5 Å². The minimum absolute atomic E-state index is 0.228. The van der Waals surface area contributed by atoms with Crippen LogP contribution in [0, 0.1) is 5.92 Å². The van der Waals surface area contributed by atoms with Crippen molar-refractivity contribution in [1.29, 1.82) is 0 Å². The lowest BCUT2D eigenvalue weighted by Crippen LogP contribution is -2.34. The predicted molar refractivity (Wildman–Crippen MR) is 105 cm³/mol. The van der Waals surface area contributed by atoms with Gasteiger partial charge in [-0.15, -0.1) is 0 Å². The summed E-state index contributed by atoms with van der Waals surface area (Å²) in [4.78, 5) is 24.8. The van der Waals surface area contributed by atoms with Crippen molar-refractivity contribution in [3.63, 3.8) is 0 Å². The normalized spacial score (nSPS) is 14.7. The smallest absolute Gasteiger partial charge is 0.318 e. The summed E-state index contributed by atoms with van der Waals surface area (Å²) in [7, 11) is 0. The molecule has 27 heavy (non-hydrogen) atoms. The lowest BCUT2D eigenvalue weighted by Gasteiger charge is -2.22. The molecule has 0 heterocycles. The number of ether oxygens (including phenoxy) is 1. The van der Waals surface area contributed by atoms with Gasteiger partial charge in [-0.25, -0.2) is 0 Å². The Morgan fingerprint density at radius 3 is 2.00 bits per heavy atom. The number of hydrogen-bond donors (Lipinski definition) is 1. The van der Waals surface area contributed by atoms with Crippen LogP contribution in [-0.2, 0) is 14.3 Å². The second kappa shape index (κ2) is 9.91. The van der Waals surface area contributed by atoms with Crippen molar-refractivity contribution in [3.05, 3.63) is 71.8 Å². The quantitative estimate of drug-likeness (QED) is 0.753. The molecule has 4 nitrogen and oxygen atoms in total. The molecule has 0 saturated heterocycles. The number of benzene rings is 2. The van der Waals surface area contributed by atoms with Crippen molar-refractivity contribution < 1.29 is 14.3 Å². The van der Waals surface area contributed by atoms with Crippen LogP contribution < -0.4 is 5.32 Å². The molecule has 1 aliphatic rings. The molecule has 0 radical (unpaired) electrons.